The third-order valence-corrected chi connectivity index (χ3v) is 3.68. The molecule has 2 aromatic rings. The van der Waals surface area contributed by atoms with Gasteiger partial charge in [0.05, 0.1) is 12.5 Å². The minimum atomic E-state index is -0.268. The maximum absolute atomic E-state index is 13.1. The summed E-state index contributed by atoms with van der Waals surface area (Å²) < 4.78 is 13.1. The van der Waals surface area contributed by atoms with Gasteiger partial charge < -0.3 is 10.2 Å². The van der Waals surface area contributed by atoms with E-state index < -0.39 is 0 Å². The van der Waals surface area contributed by atoms with Crippen molar-refractivity contribution in [3.63, 3.8) is 0 Å². The van der Waals surface area contributed by atoms with Crippen molar-refractivity contribution in [3.05, 3.63) is 71.5 Å². The Morgan fingerprint density at radius 3 is 2.35 bits per heavy atom. The fourth-order valence-corrected chi connectivity index (χ4v) is 2.43. The molecule has 0 fully saturated rings. The Morgan fingerprint density at radius 1 is 1.09 bits per heavy atom. The first-order valence-electron chi connectivity index (χ1n) is 7.78. The summed E-state index contributed by atoms with van der Waals surface area (Å²) in [7, 11) is 3.99. The molecule has 1 N–H and O–H groups in total. The number of hydrogen-bond acceptors (Lipinski definition) is 2. The normalized spacial score (nSPS) is 12.2. The van der Waals surface area contributed by atoms with Gasteiger partial charge in [0, 0.05) is 0 Å². The van der Waals surface area contributed by atoms with Gasteiger partial charge in [0.25, 0.3) is 0 Å². The van der Waals surface area contributed by atoms with Crippen LogP contribution >= 0.6 is 0 Å². The van der Waals surface area contributed by atoms with Crippen molar-refractivity contribution in [3.8, 4) is 0 Å². The first-order valence-corrected chi connectivity index (χ1v) is 7.78. The van der Waals surface area contributed by atoms with E-state index in [4.69, 9.17) is 0 Å². The molecule has 0 aliphatic heterocycles. The maximum Gasteiger partial charge on any atom is 0.224 e. The highest BCUT2D eigenvalue weighted by Crippen LogP contribution is 2.18. The van der Waals surface area contributed by atoms with Crippen LogP contribution in [-0.2, 0) is 11.2 Å². The van der Waals surface area contributed by atoms with Crippen LogP contribution in [0.15, 0.2) is 54.6 Å². The molecule has 2 rings (SSSR count). The number of hydrogen-bond donors (Lipinski definition) is 1. The molecule has 0 heterocycles. The number of halogens is 1. The standard InChI is InChI=1S/C19H23FN2O/c1-22(2)13-12-18(16-8-10-17(20)11-9-16)21-19(23)14-15-6-4-3-5-7-15/h3-11,18H,12-14H2,1-2H3,(H,21,23). The molecule has 0 aromatic heterocycles. The third-order valence-electron chi connectivity index (χ3n) is 3.68. The second-order valence-corrected chi connectivity index (χ2v) is 5.93. The van der Waals surface area contributed by atoms with Crippen LogP contribution in [0.3, 0.4) is 0 Å². The number of carbonyl (C=O) groups excluding carboxylic acids is 1. The van der Waals surface area contributed by atoms with Crippen molar-refractivity contribution in [1.29, 1.82) is 0 Å². The molecular formula is C19H23FN2O. The summed E-state index contributed by atoms with van der Waals surface area (Å²) in [4.78, 5) is 14.4. The number of benzene rings is 2. The second-order valence-electron chi connectivity index (χ2n) is 5.93. The second kappa shape index (κ2) is 8.44. The van der Waals surface area contributed by atoms with Gasteiger partial charge in [-0.2, -0.15) is 0 Å². The molecule has 0 radical (unpaired) electrons. The van der Waals surface area contributed by atoms with E-state index in [0.717, 1.165) is 24.1 Å². The highest BCUT2D eigenvalue weighted by molar-refractivity contribution is 5.79. The molecule has 1 atom stereocenters. The zero-order valence-corrected chi connectivity index (χ0v) is 13.6. The lowest BCUT2D eigenvalue weighted by Crippen LogP contribution is -2.32. The van der Waals surface area contributed by atoms with Crippen LogP contribution in [0.5, 0.6) is 0 Å². The summed E-state index contributed by atoms with van der Waals surface area (Å²) in [5.41, 5.74) is 1.91. The summed E-state index contributed by atoms with van der Waals surface area (Å²) in [5, 5.41) is 3.07. The van der Waals surface area contributed by atoms with Crippen LogP contribution in [0, 0.1) is 5.82 Å². The number of carbonyl (C=O) groups is 1. The van der Waals surface area contributed by atoms with E-state index in [9.17, 15) is 9.18 Å². The Morgan fingerprint density at radius 2 is 1.74 bits per heavy atom. The summed E-state index contributed by atoms with van der Waals surface area (Å²) in [6.07, 6.45) is 1.12. The lowest BCUT2D eigenvalue weighted by atomic mass is 10.0. The lowest BCUT2D eigenvalue weighted by molar-refractivity contribution is -0.121. The summed E-state index contributed by atoms with van der Waals surface area (Å²) in [6, 6.07) is 15.9. The van der Waals surface area contributed by atoms with Crippen LogP contribution in [0.1, 0.15) is 23.6 Å². The third kappa shape index (κ3) is 5.83. The van der Waals surface area contributed by atoms with E-state index in [2.05, 4.69) is 10.2 Å². The smallest absolute Gasteiger partial charge is 0.224 e. The van der Waals surface area contributed by atoms with E-state index in [1.54, 1.807) is 12.1 Å². The van der Waals surface area contributed by atoms with Crippen LogP contribution in [0.25, 0.3) is 0 Å². The lowest BCUT2D eigenvalue weighted by Gasteiger charge is -2.21. The highest BCUT2D eigenvalue weighted by Gasteiger charge is 2.15. The van der Waals surface area contributed by atoms with Gasteiger partial charge in [0.1, 0.15) is 5.82 Å². The Balaban J connectivity index is 2.04. The molecule has 0 bridgehead atoms. The fraction of sp³-hybridized carbons (Fsp3) is 0.316. The molecule has 4 heteroatoms. The quantitative estimate of drug-likeness (QED) is 0.851. The highest BCUT2D eigenvalue weighted by atomic mass is 19.1. The van der Waals surface area contributed by atoms with Crippen molar-refractivity contribution in [2.24, 2.45) is 0 Å². The molecule has 1 unspecified atom stereocenters. The van der Waals surface area contributed by atoms with Crippen LogP contribution in [0.4, 0.5) is 4.39 Å². The van der Waals surface area contributed by atoms with Gasteiger partial charge in [-0.3, -0.25) is 4.79 Å². The van der Waals surface area contributed by atoms with Gasteiger partial charge in [0.15, 0.2) is 0 Å². The molecular weight excluding hydrogens is 291 g/mol. The van der Waals surface area contributed by atoms with Gasteiger partial charge >= 0.3 is 0 Å². The zero-order chi connectivity index (χ0) is 16.7. The minimum Gasteiger partial charge on any atom is -0.349 e. The van der Waals surface area contributed by atoms with Crippen LogP contribution in [0.2, 0.25) is 0 Å². The van der Waals surface area contributed by atoms with Crippen LogP contribution in [-0.4, -0.2) is 31.4 Å². The Hall–Kier alpha value is -2.20. The van der Waals surface area contributed by atoms with Crippen molar-refractivity contribution < 1.29 is 9.18 Å². The van der Waals surface area contributed by atoms with E-state index in [1.807, 2.05) is 44.4 Å². The molecule has 1 amide bonds. The molecule has 122 valence electrons. The topological polar surface area (TPSA) is 32.3 Å². The van der Waals surface area contributed by atoms with Crippen molar-refractivity contribution in [1.82, 2.24) is 10.2 Å². The van der Waals surface area contributed by atoms with Gasteiger partial charge in [-0.1, -0.05) is 42.5 Å². The first kappa shape index (κ1) is 17.2. The Kier molecular flexibility index (Phi) is 6.29. The number of rotatable bonds is 7. The first-order chi connectivity index (χ1) is 11.0. The number of nitrogens with zero attached hydrogens (tertiary/aromatic N) is 1. The van der Waals surface area contributed by atoms with Gasteiger partial charge in [-0.25, -0.2) is 4.39 Å². The van der Waals surface area contributed by atoms with E-state index in [1.165, 1.54) is 12.1 Å². The van der Waals surface area contributed by atoms with Gasteiger partial charge in [-0.05, 0) is 50.3 Å². The summed E-state index contributed by atoms with van der Waals surface area (Å²) >= 11 is 0. The SMILES string of the molecule is CN(C)CCC(NC(=O)Cc1ccccc1)c1ccc(F)cc1. The summed E-state index contributed by atoms with van der Waals surface area (Å²) in [5.74, 6) is -0.292. The number of nitrogens with one attached hydrogen (secondary N) is 1. The van der Waals surface area contributed by atoms with Gasteiger partial charge in [-0.15, -0.1) is 0 Å². The van der Waals surface area contributed by atoms with E-state index in [-0.39, 0.29) is 17.8 Å². The van der Waals surface area contributed by atoms with Gasteiger partial charge in [0.2, 0.25) is 5.91 Å². The van der Waals surface area contributed by atoms with Crippen molar-refractivity contribution in [2.75, 3.05) is 20.6 Å². The molecule has 0 aliphatic rings. The largest absolute Gasteiger partial charge is 0.349 e. The predicted molar refractivity (Wildman–Crippen MR) is 90.6 cm³/mol. The molecule has 2 aromatic carbocycles. The monoisotopic (exact) mass is 314 g/mol. The predicted octanol–water partition coefficient (Wildman–Crippen LogP) is 3.18. The molecule has 0 spiro atoms. The zero-order valence-electron chi connectivity index (χ0n) is 13.6. The number of amides is 1. The molecule has 0 aliphatic carbocycles. The van der Waals surface area contributed by atoms with E-state index >= 15 is 0 Å². The molecule has 23 heavy (non-hydrogen) atoms. The summed E-state index contributed by atoms with van der Waals surface area (Å²) in [6.45, 7) is 0.841. The fourth-order valence-electron chi connectivity index (χ4n) is 2.43. The molecule has 3 nitrogen and oxygen atoms in total. The Labute approximate surface area is 137 Å². The maximum atomic E-state index is 13.1. The van der Waals surface area contributed by atoms with Crippen LogP contribution < -0.4 is 5.32 Å². The van der Waals surface area contributed by atoms with E-state index in [0.29, 0.717) is 6.42 Å². The minimum absolute atomic E-state index is 0.0238. The Bertz CT molecular complexity index is 611. The molecule has 0 saturated carbocycles. The molecule has 0 saturated heterocycles. The average Bonchev–Trinajstić information content (AvgIpc) is 2.53. The van der Waals surface area contributed by atoms with Crippen molar-refractivity contribution in [2.45, 2.75) is 18.9 Å². The average molecular weight is 314 g/mol. The van der Waals surface area contributed by atoms with Crippen molar-refractivity contribution >= 4 is 5.91 Å².